The molecule has 1 aliphatic carbocycles. The minimum atomic E-state index is -0.702. The van der Waals surface area contributed by atoms with Crippen LogP contribution in [-0.2, 0) is 11.2 Å². The number of carboxylic acid groups (broad SMARTS) is 1. The van der Waals surface area contributed by atoms with Crippen LogP contribution in [0.1, 0.15) is 50.5 Å². The van der Waals surface area contributed by atoms with E-state index in [-0.39, 0.29) is 18.0 Å². The molecule has 1 saturated carbocycles. The summed E-state index contributed by atoms with van der Waals surface area (Å²) in [6, 6.07) is 10.8. The number of amides is 2. The molecule has 2 amide bonds. The van der Waals surface area contributed by atoms with E-state index in [4.69, 9.17) is 5.11 Å². The van der Waals surface area contributed by atoms with E-state index >= 15 is 0 Å². The molecular weight excluding hydrogens is 328 g/mol. The van der Waals surface area contributed by atoms with Crippen LogP contribution in [0.5, 0.6) is 0 Å². The zero-order chi connectivity index (χ0) is 18.4. The van der Waals surface area contributed by atoms with Gasteiger partial charge in [-0.25, -0.2) is 4.79 Å². The van der Waals surface area contributed by atoms with E-state index in [9.17, 15) is 9.59 Å². The summed E-state index contributed by atoms with van der Waals surface area (Å²) in [6.45, 7) is 1.66. The van der Waals surface area contributed by atoms with Crippen LogP contribution in [0.25, 0.3) is 0 Å². The van der Waals surface area contributed by atoms with Crippen LogP contribution in [0, 0.1) is 11.8 Å². The first kappa shape index (κ1) is 18.7. The number of likely N-dealkylation sites (tertiary alicyclic amines) is 1. The van der Waals surface area contributed by atoms with Gasteiger partial charge < -0.3 is 15.3 Å². The lowest BCUT2D eigenvalue weighted by Gasteiger charge is -2.34. The van der Waals surface area contributed by atoms with E-state index in [0.29, 0.717) is 18.8 Å². The minimum absolute atomic E-state index is 0.0327. The number of rotatable bonds is 5. The first-order chi connectivity index (χ1) is 12.6. The van der Waals surface area contributed by atoms with Crippen molar-refractivity contribution in [3.8, 4) is 0 Å². The molecule has 2 fully saturated rings. The number of urea groups is 1. The fraction of sp³-hybridized carbons (Fsp3) is 0.619. The van der Waals surface area contributed by atoms with Crippen molar-refractivity contribution in [3.05, 3.63) is 35.9 Å². The van der Waals surface area contributed by atoms with E-state index < -0.39 is 5.97 Å². The van der Waals surface area contributed by atoms with Crippen LogP contribution in [0.15, 0.2) is 30.3 Å². The van der Waals surface area contributed by atoms with Crippen molar-refractivity contribution in [2.75, 3.05) is 13.1 Å². The second-order valence-electron chi connectivity index (χ2n) is 7.79. The van der Waals surface area contributed by atoms with Crippen LogP contribution in [-0.4, -0.2) is 41.1 Å². The Kier molecular flexibility index (Phi) is 6.53. The van der Waals surface area contributed by atoms with Crippen LogP contribution in [0.4, 0.5) is 4.79 Å². The fourth-order valence-electron chi connectivity index (χ4n) is 4.19. The van der Waals surface area contributed by atoms with Crippen LogP contribution >= 0.6 is 0 Å². The Labute approximate surface area is 155 Å². The molecule has 1 aromatic rings. The molecule has 0 bridgehead atoms. The number of carbonyl (C=O) groups excluding carboxylic acids is 1. The number of nitrogens with zero attached hydrogens (tertiary/aromatic N) is 1. The maximum atomic E-state index is 12.5. The molecule has 0 aromatic heterocycles. The number of aliphatic carboxylic acids is 1. The Morgan fingerprint density at radius 2 is 1.65 bits per heavy atom. The molecule has 1 aliphatic heterocycles. The zero-order valence-electron chi connectivity index (χ0n) is 15.4. The van der Waals surface area contributed by atoms with Crippen molar-refractivity contribution in [2.45, 2.75) is 57.4 Å². The number of carbonyl (C=O) groups is 2. The second kappa shape index (κ2) is 9.06. The zero-order valence-corrected chi connectivity index (χ0v) is 15.4. The maximum absolute atomic E-state index is 12.5. The summed E-state index contributed by atoms with van der Waals surface area (Å²) in [4.78, 5) is 25.4. The molecule has 2 N–H and O–H groups in total. The quantitative estimate of drug-likeness (QED) is 0.843. The highest BCUT2D eigenvalue weighted by Crippen LogP contribution is 2.26. The van der Waals surface area contributed by atoms with E-state index in [1.54, 1.807) is 0 Å². The van der Waals surface area contributed by atoms with Gasteiger partial charge in [0.15, 0.2) is 0 Å². The number of hydrogen-bond donors (Lipinski definition) is 2. The summed E-state index contributed by atoms with van der Waals surface area (Å²) in [6.07, 6.45) is 7.34. The molecule has 5 heteroatoms. The highest BCUT2D eigenvalue weighted by Gasteiger charge is 2.29. The van der Waals surface area contributed by atoms with Crippen LogP contribution in [0.2, 0.25) is 0 Å². The summed E-state index contributed by atoms with van der Waals surface area (Å²) >= 11 is 0. The van der Waals surface area contributed by atoms with Crippen molar-refractivity contribution in [3.63, 3.8) is 0 Å². The summed E-state index contributed by atoms with van der Waals surface area (Å²) in [5.41, 5.74) is 1.39. The summed E-state index contributed by atoms with van der Waals surface area (Å²) in [7, 11) is 0. The predicted molar refractivity (Wildman–Crippen MR) is 101 cm³/mol. The first-order valence-corrected chi connectivity index (χ1v) is 9.94. The molecule has 2 aliphatic rings. The lowest BCUT2D eigenvalue weighted by Crippen LogP contribution is -2.48. The van der Waals surface area contributed by atoms with Gasteiger partial charge in [0.1, 0.15) is 0 Å². The van der Waals surface area contributed by atoms with E-state index in [0.717, 1.165) is 45.2 Å². The third kappa shape index (κ3) is 5.23. The third-order valence-electron chi connectivity index (χ3n) is 5.99. The standard InChI is InChI=1S/C21H30N2O3/c24-20(25)18-8-10-19(11-9-18)22-21(26)23-14-12-17(13-15-23)7-6-16-4-2-1-3-5-16/h1-5,17-19H,6-15H2,(H,22,26)(H,24,25). The van der Waals surface area contributed by atoms with E-state index in [1.807, 2.05) is 4.90 Å². The molecular formula is C21H30N2O3. The normalized spacial score (nSPS) is 24.2. The smallest absolute Gasteiger partial charge is 0.317 e. The SMILES string of the molecule is O=C(O)C1CCC(NC(=O)N2CCC(CCc3ccccc3)CC2)CC1. The summed E-state index contributed by atoms with van der Waals surface area (Å²) in [5.74, 6) is -0.235. The number of nitrogens with one attached hydrogen (secondary N) is 1. The van der Waals surface area contributed by atoms with Gasteiger partial charge in [-0.2, -0.15) is 0 Å². The number of hydrogen-bond acceptors (Lipinski definition) is 2. The van der Waals surface area contributed by atoms with Crippen LogP contribution < -0.4 is 5.32 Å². The van der Waals surface area contributed by atoms with Gasteiger partial charge in [0.2, 0.25) is 0 Å². The van der Waals surface area contributed by atoms with Crippen molar-refractivity contribution in [2.24, 2.45) is 11.8 Å². The Hall–Kier alpha value is -2.04. The monoisotopic (exact) mass is 358 g/mol. The molecule has 142 valence electrons. The second-order valence-corrected chi connectivity index (χ2v) is 7.79. The lowest BCUT2D eigenvalue weighted by atomic mass is 9.86. The Morgan fingerprint density at radius 3 is 2.27 bits per heavy atom. The summed E-state index contributed by atoms with van der Waals surface area (Å²) < 4.78 is 0. The van der Waals surface area contributed by atoms with Gasteiger partial charge in [-0.3, -0.25) is 4.79 Å². The molecule has 0 atom stereocenters. The Bertz CT molecular complexity index is 589. The lowest BCUT2D eigenvalue weighted by molar-refractivity contribution is -0.142. The molecule has 3 rings (SSSR count). The van der Waals surface area contributed by atoms with Gasteiger partial charge in [-0.15, -0.1) is 0 Å². The Morgan fingerprint density at radius 1 is 1.00 bits per heavy atom. The number of benzene rings is 1. The van der Waals surface area contributed by atoms with Crippen molar-refractivity contribution >= 4 is 12.0 Å². The van der Waals surface area contributed by atoms with E-state index in [1.165, 1.54) is 12.0 Å². The largest absolute Gasteiger partial charge is 0.481 e. The number of aryl methyl sites for hydroxylation is 1. The van der Waals surface area contributed by atoms with Gasteiger partial charge in [-0.05, 0) is 62.8 Å². The molecule has 1 aromatic carbocycles. The first-order valence-electron chi connectivity index (χ1n) is 9.94. The molecule has 0 spiro atoms. The van der Waals surface area contributed by atoms with Crippen molar-refractivity contribution in [1.82, 2.24) is 10.2 Å². The molecule has 0 radical (unpaired) electrons. The molecule has 1 heterocycles. The van der Waals surface area contributed by atoms with Crippen molar-refractivity contribution < 1.29 is 14.7 Å². The average molecular weight is 358 g/mol. The van der Waals surface area contributed by atoms with Gasteiger partial charge >= 0.3 is 12.0 Å². The van der Waals surface area contributed by atoms with Gasteiger partial charge in [0.05, 0.1) is 5.92 Å². The third-order valence-corrected chi connectivity index (χ3v) is 5.99. The molecule has 0 unspecified atom stereocenters. The van der Waals surface area contributed by atoms with Gasteiger partial charge in [0, 0.05) is 19.1 Å². The predicted octanol–water partition coefficient (Wildman–Crippen LogP) is 3.68. The molecule has 5 nitrogen and oxygen atoms in total. The topological polar surface area (TPSA) is 69.6 Å². The highest BCUT2D eigenvalue weighted by atomic mass is 16.4. The fourth-order valence-corrected chi connectivity index (χ4v) is 4.19. The van der Waals surface area contributed by atoms with Crippen molar-refractivity contribution in [1.29, 1.82) is 0 Å². The molecule has 26 heavy (non-hydrogen) atoms. The minimum Gasteiger partial charge on any atom is -0.481 e. The highest BCUT2D eigenvalue weighted by molar-refractivity contribution is 5.74. The number of piperidine rings is 1. The summed E-state index contributed by atoms with van der Waals surface area (Å²) in [5, 5.41) is 12.2. The van der Waals surface area contributed by atoms with Crippen LogP contribution in [0.3, 0.4) is 0 Å². The average Bonchev–Trinajstić information content (AvgIpc) is 2.68. The molecule has 1 saturated heterocycles. The van der Waals surface area contributed by atoms with Gasteiger partial charge in [0.25, 0.3) is 0 Å². The van der Waals surface area contributed by atoms with Gasteiger partial charge in [-0.1, -0.05) is 30.3 Å². The Balaban J connectivity index is 1.35. The maximum Gasteiger partial charge on any atom is 0.317 e. The number of carboxylic acids is 1. The van der Waals surface area contributed by atoms with E-state index in [2.05, 4.69) is 35.6 Å².